The smallest absolute Gasteiger partial charge is 0.193 e. The quantitative estimate of drug-likeness (QED) is 0.700. The van der Waals surface area contributed by atoms with Crippen molar-refractivity contribution in [2.75, 3.05) is 0 Å². The van der Waals surface area contributed by atoms with Crippen LogP contribution in [0.15, 0.2) is 10.6 Å². The third-order valence-electron chi connectivity index (χ3n) is 4.61. The highest BCUT2D eigenvalue weighted by Crippen LogP contribution is 2.65. The van der Waals surface area contributed by atoms with E-state index in [4.69, 9.17) is 11.6 Å². The van der Waals surface area contributed by atoms with E-state index in [0.29, 0.717) is 28.1 Å². The second-order valence-corrected chi connectivity index (χ2v) is 7.02. The number of hydrogen-bond acceptors (Lipinski definition) is 2. The van der Waals surface area contributed by atoms with Gasteiger partial charge >= 0.3 is 0 Å². The third kappa shape index (κ3) is 1.10. The van der Waals surface area contributed by atoms with Crippen molar-refractivity contribution < 1.29 is 4.79 Å². The average molecular weight is 241 g/mol. The van der Waals surface area contributed by atoms with Crippen molar-refractivity contribution >= 4 is 28.5 Å². The molecular formula is C12H13ClOS. The normalized spacial score (nSPS) is 50.3. The maximum absolute atomic E-state index is 11.9. The summed E-state index contributed by atoms with van der Waals surface area (Å²) < 4.78 is 0. The predicted octanol–water partition coefficient (Wildman–Crippen LogP) is 3.19. The fourth-order valence-corrected chi connectivity index (χ4v) is 5.97. The van der Waals surface area contributed by atoms with Crippen LogP contribution >= 0.6 is 23.4 Å². The molecule has 0 aromatic rings. The van der Waals surface area contributed by atoms with Crippen LogP contribution in [0.25, 0.3) is 0 Å². The Morgan fingerprint density at radius 1 is 1.33 bits per heavy atom. The van der Waals surface area contributed by atoms with Crippen LogP contribution in [0.4, 0.5) is 0 Å². The number of carbonyl (C=O) groups excluding carboxylic acids is 1. The molecule has 0 aromatic heterocycles. The molecule has 1 aliphatic heterocycles. The van der Waals surface area contributed by atoms with Crippen LogP contribution in [-0.2, 0) is 4.79 Å². The molecule has 3 heteroatoms. The van der Waals surface area contributed by atoms with Crippen LogP contribution in [-0.4, -0.2) is 10.4 Å². The minimum absolute atomic E-state index is 0.291. The lowest BCUT2D eigenvalue weighted by molar-refractivity contribution is -0.115. The molecule has 0 amide bonds. The van der Waals surface area contributed by atoms with Crippen LogP contribution in [0.3, 0.4) is 0 Å². The average Bonchev–Trinajstić information content (AvgIpc) is 2.84. The first kappa shape index (κ1) is 9.12. The Morgan fingerprint density at radius 3 is 2.87 bits per heavy atom. The van der Waals surface area contributed by atoms with E-state index in [-0.39, 0.29) is 0 Å². The highest BCUT2D eigenvalue weighted by Gasteiger charge is 2.61. The highest BCUT2D eigenvalue weighted by molar-refractivity contribution is 8.14. The Hall–Kier alpha value is 0.0500. The van der Waals surface area contributed by atoms with E-state index in [2.05, 4.69) is 0 Å². The lowest BCUT2D eigenvalue weighted by atomic mass is 9.79. The van der Waals surface area contributed by atoms with Gasteiger partial charge in [-0.2, -0.15) is 0 Å². The molecule has 5 atom stereocenters. The van der Waals surface area contributed by atoms with Crippen LogP contribution in [0, 0.1) is 23.7 Å². The molecule has 5 unspecified atom stereocenters. The van der Waals surface area contributed by atoms with Gasteiger partial charge in [-0.15, -0.1) is 0 Å². The molecule has 4 rings (SSSR count). The van der Waals surface area contributed by atoms with Gasteiger partial charge in [-0.3, -0.25) is 4.79 Å². The van der Waals surface area contributed by atoms with Gasteiger partial charge in [0.1, 0.15) is 0 Å². The van der Waals surface area contributed by atoms with Gasteiger partial charge in [-0.25, -0.2) is 0 Å². The van der Waals surface area contributed by atoms with Crippen molar-refractivity contribution in [3.05, 3.63) is 10.6 Å². The lowest BCUT2D eigenvalue weighted by Crippen LogP contribution is -2.26. The van der Waals surface area contributed by atoms with E-state index in [1.165, 1.54) is 31.3 Å². The van der Waals surface area contributed by atoms with Crippen LogP contribution in [0.2, 0.25) is 0 Å². The molecule has 4 aliphatic rings. The Kier molecular flexibility index (Phi) is 1.72. The summed E-state index contributed by atoms with van der Waals surface area (Å²) in [6, 6.07) is 0. The van der Waals surface area contributed by atoms with Gasteiger partial charge in [0.25, 0.3) is 0 Å². The molecular weight excluding hydrogens is 228 g/mol. The predicted molar refractivity (Wildman–Crippen MR) is 61.7 cm³/mol. The Morgan fingerprint density at radius 2 is 2.13 bits per heavy atom. The number of rotatable bonds is 1. The summed E-state index contributed by atoms with van der Waals surface area (Å²) in [6.45, 7) is 0. The molecule has 1 heterocycles. The lowest BCUT2D eigenvalue weighted by Gasteiger charge is -2.25. The van der Waals surface area contributed by atoms with Crippen LogP contribution in [0.1, 0.15) is 25.7 Å². The SMILES string of the molecule is O=C1SC2CC3CC2C1C3C(Cl)=C1CC1. The third-order valence-corrected chi connectivity index (χ3v) is 6.48. The zero-order valence-electron chi connectivity index (χ0n) is 8.41. The highest BCUT2D eigenvalue weighted by atomic mass is 35.5. The van der Waals surface area contributed by atoms with E-state index < -0.39 is 0 Å². The van der Waals surface area contributed by atoms with Crippen LogP contribution in [0.5, 0.6) is 0 Å². The van der Waals surface area contributed by atoms with Crippen molar-refractivity contribution in [1.29, 1.82) is 0 Å². The number of halogens is 1. The number of carbonyl (C=O) groups is 1. The molecule has 3 aliphatic carbocycles. The van der Waals surface area contributed by atoms with Gasteiger partial charge in [0.2, 0.25) is 0 Å². The maximum atomic E-state index is 11.9. The van der Waals surface area contributed by atoms with Gasteiger partial charge in [0.05, 0.1) is 0 Å². The van der Waals surface area contributed by atoms with E-state index >= 15 is 0 Å². The van der Waals surface area contributed by atoms with Crippen molar-refractivity contribution in [3.8, 4) is 0 Å². The summed E-state index contributed by atoms with van der Waals surface area (Å²) >= 11 is 8.07. The molecule has 15 heavy (non-hydrogen) atoms. The number of hydrogen-bond donors (Lipinski definition) is 0. The summed E-state index contributed by atoms with van der Waals surface area (Å²) in [6.07, 6.45) is 4.88. The molecule has 0 spiro atoms. The molecule has 1 saturated heterocycles. The fourth-order valence-electron chi connectivity index (χ4n) is 3.89. The number of fused-ring (bicyclic) bond motifs is 1. The summed E-state index contributed by atoms with van der Waals surface area (Å²) in [7, 11) is 0. The topological polar surface area (TPSA) is 17.1 Å². The Labute approximate surface area is 98.6 Å². The second kappa shape index (κ2) is 2.84. The van der Waals surface area contributed by atoms with Crippen LogP contribution < -0.4 is 0 Å². The zero-order valence-corrected chi connectivity index (χ0v) is 9.98. The summed E-state index contributed by atoms with van der Waals surface area (Å²) in [5.74, 6) is 2.11. The Balaban J connectivity index is 1.76. The van der Waals surface area contributed by atoms with Gasteiger partial charge in [0, 0.05) is 22.1 Å². The minimum atomic E-state index is 0.291. The molecule has 4 fully saturated rings. The van der Waals surface area contributed by atoms with E-state index in [9.17, 15) is 4.79 Å². The van der Waals surface area contributed by atoms with Crippen molar-refractivity contribution in [2.45, 2.75) is 30.9 Å². The van der Waals surface area contributed by atoms with Gasteiger partial charge in [-0.05, 0) is 37.5 Å². The zero-order chi connectivity index (χ0) is 10.2. The standard InChI is InChI=1S/C12H13ClOS/c13-11(5-1-2-5)9-6-3-7-8(4-6)15-12(14)10(7)9/h6-10H,1-4H2. The first-order chi connectivity index (χ1) is 7.25. The van der Waals surface area contributed by atoms with E-state index in [1.54, 1.807) is 11.8 Å². The minimum Gasteiger partial charge on any atom is -0.287 e. The van der Waals surface area contributed by atoms with Gasteiger partial charge in [0.15, 0.2) is 5.12 Å². The molecule has 1 nitrogen and oxygen atoms in total. The molecule has 80 valence electrons. The number of thioether (sulfide) groups is 1. The monoisotopic (exact) mass is 240 g/mol. The largest absolute Gasteiger partial charge is 0.287 e. The molecule has 0 N–H and O–H groups in total. The summed E-state index contributed by atoms with van der Waals surface area (Å²) in [4.78, 5) is 11.9. The van der Waals surface area contributed by atoms with Crippen molar-refractivity contribution in [2.24, 2.45) is 23.7 Å². The summed E-state index contributed by atoms with van der Waals surface area (Å²) in [5.41, 5.74) is 1.44. The molecule has 2 bridgehead atoms. The van der Waals surface area contributed by atoms with Crippen molar-refractivity contribution in [3.63, 3.8) is 0 Å². The molecule has 3 saturated carbocycles. The fraction of sp³-hybridized carbons (Fsp3) is 0.750. The number of allylic oxidation sites excluding steroid dienone is 2. The first-order valence-corrected chi connectivity index (χ1v) is 7.09. The van der Waals surface area contributed by atoms with Gasteiger partial charge < -0.3 is 0 Å². The Bertz CT molecular complexity index is 381. The maximum Gasteiger partial charge on any atom is 0.193 e. The first-order valence-electron chi connectivity index (χ1n) is 5.83. The second-order valence-electron chi connectivity index (χ2n) is 5.37. The summed E-state index contributed by atoms with van der Waals surface area (Å²) in [5, 5.41) is 2.17. The van der Waals surface area contributed by atoms with Crippen molar-refractivity contribution in [1.82, 2.24) is 0 Å². The van der Waals surface area contributed by atoms with E-state index in [1.807, 2.05) is 0 Å². The van der Waals surface area contributed by atoms with Gasteiger partial charge in [-0.1, -0.05) is 28.9 Å². The molecule has 0 radical (unpaired) electrons. The van der Waals surface area contributed by atoms with E-state index in [0.717, 1.165) is 11.0 Å². The molecule has 0 aromatic carbocycles.